The molecule has 0 saturated carbocycles. The van der Waals surface area contributed by atoms with E-state index in [2.05, 4.69) is 0 Å². The number of nitrogens with zero attached hydrogens (tertiary/aromatic N) is 1. The molecule has 1 aliphatic rings. The second-order valence-corrected chi connectivity index (χ2v) is 8.89. The van der Waals surface area contributed by atoms with Gasteiger partial charge < -0.3 is 9.47 Å². The summed E-state index contributed by atoms with van der Waals surface area (Å²) in [5.74, 6) is 0.760. The van der Waals surface area contributed by atoms with Crippen molar-refractivity contribution in [1.29, 1.82) is 0 Å². The minimum Gasteiger partial charge on any atom is -0.493 e. The quantitative estimate of drug-likeness (QED) is 0.781. The molecule has 0 bridgehead atoms. The first-order valence-corrected chi connectivity index (χ1v) is 10.7. The van der Waals surface area contributed by atoms with E-state index in [9.17, 15) is 8.42 Å². The fourth-order valence-electron chi connectivity index (χ4n) is 3.41. The van der Waals surface area contributed by atoms with Crippen molar-refractivity contribution in [3.8, 4) is 5.75 Å². The van der Waals surface area contributed by atoms with Crippen LogP contribution in [0.4, 0.5) is 0 Å². The van der Waals surface area contributed by atoms with Crippen LogP contribution in [0.1, 0.15) is 35.3 Å². The second-order valence-electron chi connectivity index (χ2n) is 6.95. The van der Waals surface area contributed by atoms with Crippen molar-refractivity contribution in [3.63, 3.8) is 0 Å². The number of hydrogen-bond donors (Lipinski definition) is 0. The lowest BCUT2D eigenvalue weighted by atomic mass is 10.1. The lowest BCUT2D eigenvalue weighted by Gasteiger charge is -2.32. The maximum atomic E-state index is 13.2. The van der Waals surface area contributed by atoms with Crippen LogP contribution < -0.4 is 4.74 Å². The van der Waals surface area contributed by atoms with Gasteiger partial charge in [-0.05, 0) is 56.5 Å². The van der Waals surface area contributed by atoms with Crippen molar-refractivity contribution in [2.24, 2.45) is 0 Å². The zero-order chi connectivity index (χ0) is 19.6. The third-order valence-corrected chi connectivity index (χ3v) is 6.68. The van der Waals surface area contributed by atoms with Crippen molar-refractivity contribution in [2.45, 2.75) is 38.7 Å². The molecule has 5 nitrogen and oxygen atoms in total. The number of hydrogen-bond acceptors (Lipinski definition) is 4. The number of morpholine rings is 1. The molecule has 6 heteroatoms. The minimum atomic E-state index is -3.59. The fourth-order valence-corrected chi connectivity index (χ4v) is 5.00. The standard InChI is InChI=1S/C21H27NO4S/c1-5-25-21-16(3)12-19(13-17(21)4)27(23,24)22-10-11-26-20(14-22)18-8-6-15(2)7-9-18/h6-9,12-13,20H,5,10-11,14H2,1-4H3. The molecule has 0 amide bonds. The molecule has 0 N–H and O–H groups in total. The van der Waals surface area contributed by atoms with Crippen molar-refractivity contribution in [1.82, 2.24) is 4.31 Å². The van der Waals surface area contributed by atoms with E-state index in [0.717, 1.165) is 22.4 Å². The Labute approximate surface area is 162 Å². The van der Waals surface area contributed by atoms with E-state index in [0.29, 0.717) is 31.2 Å². The van der Waals surface area contributed by atoms with Gasteiger partial charge in [0, 0.05) is 13.1 Å². The second kappa shape index (κ2) is 8.00. The smallest absolute Gasteiger partial charge is 0.243 e. The molecule has 1 fully saturated rings. The van der Waals surface area contributed by atoms with E-state index in [-0.39, 0.29) is 6.10 Å². The van der Waals surface area contributed by atoms with Gasteiger partial charge >= 0.3 is 0 Å². The molecule has 1 heterocycles. The van der Waals surface area contributed by atoms with Crippen LogP contribution in [0.3, 0.4) is 0 Å². The van der Waals surface area contributed by atoms with Crippen LogP contribution in [0.2, 0.25) is 0 Å². The van der Waals surface area contributed by atoms with Gasteiger partial charge in [0.05, 0.1) is 24.2 Å². The molecule has 1 atom stereocenters. The monoisotopic (exact) mass is 389 g/mol. The summed E-state index contributed by atoms with van der Waals surface area (Å²) in [7, 11) is -3.59. The molecule has 0 radical (unpaired) electrons. The zero-order valence-electron chi connectivity index (χ0n) is 16.4. The molecular formula is C21H27NO4S. The Morgan fingerprint density at radius 2 is 1.74 bits per heavy atom. The van der Waals surface area contributed by atoms with Crippen LogP contribution in [0.5, 0.6) is 5.75 Å². The number of benzene rings is 2. The van der Waals surface area contributed by atoms with Crippen molar-refractivity contribution in [2.75, 3.05) is 26.3 Å². The van der Waals surface area contributed by atoms with Gasteiger partial charge in [-0.2, -0.15) is 4.31 Å². The highest BCUT2D eigenvalue weighted by Crippen LogP contribution is 2.31. The normalized spacial score (nSPS) is 18.4. The minimum absolute atomic E-state index is 0.251. The van der Waals surface area contributed by atoms with Crippen molar-refractivity contribution >= 4 is 10.0 Å². The summed E-state index contributed by atoms with van der Waals surface area (Å²) < 4.78 is 39.4. The Hall–Kier alpha value is -1.89. The summed E-state index contributed by atoms with van der Waals surface area (Å²) >= 11 is 0. The molecule has 146 valence electrons. The number of rotatable bonds is 5. The molecule has 1 aliphatic heterocycles. The number of ether oxygens (including phenoxy) is 2. The van der Waals surface area contributed by atoms with Gasteiger partial charge in [0.1, 0.15) is 5.75 Å². The highest BCUT2D eigenvalue weighted by Gasteiger charge is 2.32. The first kappa shape index (κ1) is 19.9. The predicted octanol–water partition coefficient (Wildman–Crippen LogP) is 3.77. The van der Waals surface area contributed by atoms with Gasteiger partial charge in [-0.3, -0.25) is 0 Å². The summed E-state index contributed by atoms with van der Waals surface area (Å²) in [6.45, 7) is 9.31. The Morgan fingerprint density at radius 3 is 2.33 bits per heavy atom. The summed E-state index contributed by atoms with van der Waals surface area (Å²) in [6.07, 6.45) is -0.251. The molecular weight excluding hydrogens is 362 g/mol. The molecule has 2 aromatic carbocycles. The predicted molar refractivity (Wildman–Crippen MR) is 106 cm³/mol. The van der Waals surface area contributed by atoms with Crippen LogP contribution in [0.15, 0.2) is 41.3 Å². The molecule has 0 aromatic heterocycles. The molecule has 0 aliphatic carbocycles. The van der Waals surface area contributed by atoms with Gasteiger partial charge in [0.25, 0.3) is 0 Å². The van der Waals surface area contributed by atoms with E-state index < -0.39 is 10.0 Å². The number of sulfonamides is 1. The average molecular weight is 390 g/mol. The Kier molecular flexibility index (Phi) is 5.89. The summed E-state index contributed by atoms with van der Waals surface area (Å²) in [5, 5.41) is 0. The fraction of sp³-hybridized carbons (Fsp3) is 0.429. The van der Waals surface area contributed by atoms with Gasteiger partial charge in [-0.1, -0.05) is 29.8 Å². The van der Waals surface area contributed by atoms with Crippen LogP contribution in [0.25, 0.3) is 0 Å². The number of aryl methyl sites for hydroxylation is 3. The van der Waals surface area contributed by atoms with E-state index in [1.165, 1.54) is 9.87 Å². The molecule has 27 heavy (non-hydrogen) atoms. The van der Waals surface area contributed by atoms with Crippen LogP contribution in [-0.2, 0) is 14.8 Å². The van der Waals surface area contributed by atoms with Crippen molar-refractivity contribution in [3.05, 3.63) is 58.7 Å². The van der Waals surface area contributed by atoms with Gasteiger partial charge in [0.2, 0.25) is 10.0 Å². The molecule has 1 unspecified atom stereocenters. The molecule has 2 aromatic rings. The Bertz CT molecular complexity index is 883. The average Bonchev–Trinajstić information content (AvgIpc) is 2.65. The van der Waals surface area contributed by atoms with Gasteiger partial charge in [0.15, 0.2) is 0 Å². The van der Waals surface area contributed by atoms with Crippen LogP contribution in [0, 0.1) is 20.8 Å². The summed E-state index contributed by atoms with van der Waals surface area (Å²) in [5.41, 5.74) is 3.83. The summed E-state index contributed by atoms with van der Waals surface area (Å²) in [6, 6.07) is 11.4. The maximum Gasteiger partial charge on any atom is 0.243 e. The first-order valence-electron chi connectivity index (χ1n) is 9.25. The van der Waals surface area contributed by atoms with Crippen molar-refractivity contribution < 1.29 is 17.9 Å². The Balaban J connectivity index is 1.87. The lowest BCUT2D eigenvalue weighted by Crippen LogP contribution is -2.42. The molecule has 1 saturated heterocycles. The van der Waals surface area contributed by atoms with Crippen LogP contribution >= 0.6 is 0 Å². The highest BCUT2D eigenvalue weighted by atomic mass is 32.2. The molecule has 3 rings (SSSR count). The third kappa shape index (κ3) is 4.18. The van der Waals surface area contributed by atoms with Gasteiger partial charge in [-0.15, -0.1) is 0 Å². The van der Waals surface area contributed by atoms with E-state index in [4.69, 9.17) is 9.47 Å². The third-order valence-electron chi connectivity index (χ3n) is 4.84. The van der Waals surface area contributed by atoms with E-state index in [1.807, 2.05) is 52.0 Å². The van der Waals surface area contributed by atoms with Crippen LogP contribution in [-0.4, -0.2) is 39.0 Å². The zero-order valence-corrected chi connectivity index (χ0v) is 17.2. The summed E-state index contributed by atoms with van der Waals surface area (Å²) in [4.78, 5) is 0.311. The van der Waals surface area contributed by atoms with E-state index in [1.54, 1.807) is 12.1 Å². The molecule has 0 spiro atoms. The Morgan fingerprint density at radius 1 is 1.11 bits per heavy atom. The SMILES string of the molecule is CCOc1c(C)cc(S(=O)(=O)N2CCOC(c3ccc(C)cc3)C2)cc1C. The topological polar surface area (TPSA) is 55.8 Å². The largest absolute Gasteiger partial charge is 0.493 e. The maximum absolute atomic E-state index is 13.2. The first-order chi connectivity index (χ1) is 12.8. The lowest BCUT2D eigenvalue weighted by molar-refractivity contribution is -0.00256. The highest BCUT2D eigenvalue weighted by molar-refractivity contribution is 7.89. The van der Waals surface area contributed by atoms with E-state index >= 15 is 0 Å². The van der Waals surface area contributed by atoms with Gasteiger partial charge in [-0.25, -0.2) is 8.42 Å².